The van der Waals surface area contributed by atoms with Crippen LogP contribution in [0.2, 0.25) is 0 Å². The second-order valence-electron chi connectivity index (χ2n) is 7.96. The summed E-state index contributed by atoms with van der Waals surface area (Å²) in [6.07, 6.45) is 7.71. The number of nitrogens with zero attached hydrogens (tertiary/aromatic N) is 5. The fourth-order valence-electron chi connectivity index (χ4n) is 4.23. The summed E-state index contributed by atoms with van der Waals surface area (Å²) in [7, 11) is 2.03. The Hall–Kier alpha value is -3.46. The second-order valence-corrected chi connectivity index (χ2v) is 7.96. The SMILES string of the molecule is Cn1cc(CN(C=O)CC2CCN(c3ncc(C(=O)NO)cn3)CC2)c2ccccc21. The summed E-state index contributed by atoms with van der Waals surface area (Å²) in [5, 5.41) is 9.86. The number of benzene rings is 1. The van der Waals surface area contributed by atoms with Crippen molar-refractivity contribution in [3.8, 4) is 0 Å². The zero-order valence-corrected chi connectivity index (χ0v) is 17.4. The smallest absolute Gasteiger partial charge is 0.277 e. The lowest BCUT2D eigenvalue weighted by Crippen LogP contribution is -2.39. The summed E-state index contributed by atoms with van der Waals surface area (Å²) in [6, 6.07) is 8.24. The summed E-state index contributed by atoms with van der Waals surface area (Å²) >= 11 is 0. The monoisotopic (exact) mass is 422 g/mol. The molecule has 0 radical (unpaired) electrons. The fourth-order valence-corrected chi connectivity index (χ4v) is 4.23. The summed E-state index contributed by atoms with van der Waals surface area (Å²) < 4.78 is 2.10. The van der Waals surface area contributed by atoms with Crippen LogP contribution in [0.15, 0.2) is 42.9 Å². The Morgan fingerprint density at radius 1 is 1.26 bits per heavy atom. The lowest BCUT2D eigenvalue weighted by molar-refractivity contribution is -0.119. The Balaban J connectivity index is 1.34. The van der Waals surface area contributed by atoms with Crippen molar-refractivity contribution in [3.05, 3.63) is 54.0 Å². The highest BCUT2D eigenvalue weighted by molar-refractivity contribution is 5.92. The molecule has 9 heteroatoms. The zero-order valence-electron chi connectivity index (χ0n) is 17.4. The first-order chi connectivity index (χ1) is 15.1. The maximum Gasteiger partial charge on any atom is 0.277 e. The molecule has 0 saturated carbocycles. The molecule has 0 bridgehead atoms. The molecular weight excluding hydrogens is 396 g/mol. The Labute approximate surface area is 180 Å². The summed E-state index contributed by atoms with van der Waals surface area (Å²) in [6.45, 7) is 2.90. The normalized spacial score (nSPS) is 14.6. The van der Waals surface area contributed by atoms with Crippen molar-refractivity contribution in [1.29, 1.82) is 0 Å². The third-order valence-corrected chi connectivity index (χ3v) is 5.89. The number of anilines is 1. The maximum atomic E-state index is 11.8. The van der Waals surface area contributed by atoms with E-state index in [4.69, 9.17) is 5.21 Å². The van der Waals surface area contributed by atoms with Gasteiger partial charge in [0.15, 0.2) is 0 Å². The van der Waals surface area contributed by atoms with Gasteiger partial charge in [0.05, 0.1) is 5.56 Å². The molecule has 3 heterocycles. The number of hydroxylamine groups is 1. The number of amides is 2. The molecule has 9 nitrogen and oxygen atoms in total. The number of carbonyl (C=O) groups is 2. The number of aryl methyl sites for hydroxylation is 1. The molecule has 0 atom stereocenters. The summed E-state index contributed by atoms with van der Waals surface area (Å²) in [5.74, 6) is 0.345. The minimum Gasteiger partial charge on any atom is -0.350 e. The molecule has 1 aliphatic rings. The lowest BCUT2D eigenvalue weighted by atomic mass is 9.96. The largest absolute Gasteiger partial charge is 0.350 e. The molecule has 2 N–H and O–H groups in total. The fraction of sp³-hybridized carbons (Fsp3) is 0.364. The van der Waals surface area contributed by atoms with Gasteiger partial charge in [-0.2, -0.15) is 0 Å². The lowest BCUT2D eigenvalue weighted by Gasteiger charge is -2.33. The van der Waals surface area contributed by atoms with Crippen molar-refractivity contribution in [1.82, 2.24) is 24.9 Å². The van der Waals surface area contributed by atoms with Gasteiger partial charge in [0.1, 0.15) is 0 Å². The highest BCUT2D eigenvalue weighted by atomic mass is 16.5. The van der Waals surface area contributed by atoms with E-state index in [9.17, 15) is 9.59 Å². The minimum absolute atomic E-state index is 0.205. The number of hydrogen-bond donors (Lipinski definition) is 2. The van der Waals surface area contributed by atoms with Gasteiger partial charge in [-0.15, -0.1) is 0 Å². The molecule has 0 unspecified atom stereocenters. The van der Waals surface area contributed by atoms with Crippen molar-refractivity contribution in [2.75, 3.05) is 24.5 Å². The van der Waals surface area contributed by atoms with Crippen LogP contribution in [0.1, 0.15) is 28.8 Å². The van der Waals surface area contributed by atoms with Crippen LogP contribution in [0.25, 0.3) is 10.9 Å². The number of fused-ring (bicyclic) bond motifs is 1. The summed E-state index contributed by atoms with van der Waals surface area (Å²) in [5.41, 5.74) is 4.10. The molecular formula is C22H26N6O3. The van der Waals surface area contributed by atoms with Gasteiger partial charge in [-0.05, 0) is 30.4 Å². The van der Waals surface area contributed by atoms with E-state index >= 15 is 0 Å². The number of para-hydroxylation sites is 1. The van der Waals surface area contributed by atoms with Crippen molar-refractivity contribution in [2.24, 2.45) is 13.0 Å². The number of aromatic nitrogens is 3. The van der Waals surface area contributed by atoms with Gasteiger partial charge in [-0.1, -0.05) is 18.2 Å². The number of carbonyl (C=O) groups excluding carboxylic acids is 2. The first-order valence-corrected chi connectivity index (χ1v) is 10.3. The van der Waals surface area contributed by atoms with E-state index in [1.54, 1.807) is 5.48 Å². The van der Waals surface area contributed by atoms with Gasteiger partial charge < -0.3 is 14.4 Å². The molecule has 31 heavy (non-hydrogen) atoms. The first-order valence-electron chi connectivity index (χ1n) is 10.3. The topological polar surface area (TPSA) is 104 Å². The van der Waals surface area contributed by atoms with Crippen molar-refractivity contribution in [2.45, 2.75) is 19.4 Å². The van der Waals surface area contributed by atoms with Crippen LogP contribution >= 0.6 is 0 Å². The van der Waals surface area contributed by atoms with Gasteiger partial charge >= 0.3 is 0 Å². The molecule has 162 valence electrons. The Bertz CT molecular complexity index is 1060. The standard InChI is InChI=1S/C22H26N6O3/c1-26-13-18(19-4-2-3-5-20(19)26)14-27(15-29)12-16-6-8-28(9-7-16)22-23-10-17(11-24-22)21(30)25-31/h2-5,10-11,13,15-16,31H,6-9,12,14H2,1H3,(H,25,30). The summed E-state index contributed by atoms with van der Waals surface area (Å²) in [4.78, 5) is 35.6. The Morgan fingerprint density at radius 3 is 2.65 bits per heavy atom. The van der Waals surface area contributed by atoms with Gasteiger partial charge in [0.25, 0.3) is 5.91 Å². The minimum atomic E-state index is -0.634. The number of piperidine rings is 1. The quantitative estimate of drug-likeness (QED) is 0.343. The van der Waals surface area contributed by atoms with Crippen molar-refractivity contribution >= 4 is 29.2 Å². The van der Waals surface area contributed by atoms with E-state index in [1.165, 1.54) is 23.3 Å². The average molecular weight is 422 g/mol. The Morgan fingerprint density at radius 2 is 1.97 bits per heavy atom. The third kappa shape index (κ3) is 4.51. The molecule has 0 aliphatic carbocycles. The highest BCUT2D eigenvalue weighted by Crippen LogP contribution is 2.24. The Kier molecular flexibility index (Phi) is 6.13. The van der Waals surface area contributed by atoms with Crippen LogP contribution in [-0.2, 0) is 18.4 Å². The van der Waals surface area contributed by atoms with Gasteiger partial charge in [0.2, 0.25) is 12.4 Å². The van der Waals surface area contributed by atoms with Crippen LogP contribution in [0, 0.1) is 5.92 Å². The molecule has 3 aromatic rings. The molecule has 2 amide bonds. The van der Waals surface area contributed by atoms with Crippen molar-refractivity contribution < 1.29 is 14.8 Å². The zero-order chi connectivity index (χ0) is 21.8. The van der Waals surface area contributed by atoms with Gasteiger partial charge in [0, 0.05) is 62.7 Å². The number of hydrogen-bond acceptors (Lipinski definition) is 6. The third-order valence-electron chi connectivity index (χ3n) is 5.89. The van der Waals surface area contributed by atoms with E-state index in [-0.39, 0.29) is 5.56 Å². The van der Waals surface area contributed by atoms with E-state index < -0.39 is 5.91 Å². The predicted octanol–water partition coefficient (Wildman–Crippen LogP) is 1.96. The van der Waals surface area contributed by atoms with E-state index in [1.807, 2.05) is 24.1 Å². The molecule has 4 rings (SSSR count). The van der Waals surface area contributed by atoms with Crippen LogP contribution in [-0.4, -0.2) is 56.6 Å². The highest BCUT2D eigenvalue weighted by Gasteiger charge is 2.23. The molecule has 1 fully saturated rings. The maximum absolute atomic E-state index is 11.8. The van der Waals surface area contributed by atoms with Crippen LogP contribution < -0.4 is 10.4 Å². The molecule has 1 aromatic carbocycles. The average Bonchev–Trinajstić information content (AvgIpc) is 3.14. The second kappa shape index (κ2) is 9.13. The van der Waals surface area contributed by atoms with Crippen molar-refractivity contribution in [3.63, 3.8) is 0 Å². The van der Waals surface area contributed by atoms with E-state index in [2.05, 4.69) is 37.8 Å². The van der Waals surface area contributed by atoms with Gasteiger partial charge in [-0.25, -0.2) is 15.4 Å². The van der Waals surface area contributed by atoms with Crippen LogP contribution in [0.3, 0.4) is 0 Å². The van der Waals surface area contributed by atoms with Crippen LogP contribution in [0.4, 0.5) is 5.95 Å². The predicted molar refractivity (Wildman–Crippen MR) is 116 cm³/mol. The number of rotatable bonds is 7. The molecule has 1 saturated heterocycles. The first kappa shape index (κ1) is 20.8. The van der Waals surface area contributed by atoms with E-state index in [0.717, 1.165) is 44.4 Å². The molecule has 2 aromatic heterocycles. The van der Waals surface area contributed by atoms with E-state index in [0.29, 0.717) is 18.4 Å². The number of nitrogens with one attached hydrogen (secondary N) is 1. The van der Waals surface area contributed by atoms with Gasteiger partial charge in [-0.3, -0.25) is 14.8 Å². The molecule has 1 aliphatic heterocycles. The van der Waals surface area contributed by atoms with Crippen LogP contribution in [0.5, 0.6) is 0 Å². The molecule has 0 spiro atoms.